The van der Waals surface area contributed by atoms with Crippen molar-refractivity contribution in [2.75, 3.05) is 19.8 Å². The van der Waals surface area contributed by atoms with Crippen molar-refractivity contribution in [3.63, 3.8) is 0 Å². The van der Waals surface area contributed by atoms with Crippen LogP contribution in [0.5, 0.6) is 5.75 Å². The first-order chi connectivity index (χ1) is 24.6. The van der Waals surface area contributed by atoms with E-state index in [-0.39, 0.29) is 67.2 Å². The lowest BCUT2D eigenvalue weighted by molar-refractivity contribution is -0.757. The third kappa shape index (κ3) is 7.99. The maximum atomic E-state index is 13.6. The fourth-order valence-corrected chi connectivity index (χ4v) is 9.43. The molecule has 15 nitrogen and oxygen atoms in total. The molecule has 15 heteroatoms. The Morgan fingerprint density at radius 2 is 1.79 bits per heavy atom. The van der Waals surface area contributed by atoms with Crippen LogP contribution in [0.4, 0.5) is 4.79 Å². The van der Waals surface area contributed by atoms with Crippen LogP contribution in [0, 0.1) is 38.7 Å². The first-order valence-corrected chi connectivity index (χ1v) is 17.9. The Morgan fingerprint density at radius 1 is 1.08 bits per heavy atom. The van der Waals surface area contributed by atoms with Gasteiger partial charge in [0, 0.05) is 31.6 Å². The molecule has 0 aromatic heterocycles. The highest BCUT2D eigenvalue weighted by Gasteiger charge is 2.68. The first kappa shape index (κ1) is 38.9. The molecular formula is C37H48N2O13. The summed E-state index contributed by atoms with van der Waals surface area (Å²) in [5, 5.41) is 35.3. The molecule has 0 heterocycles. The zero-order valence-electron chi connectivity index (χ0n) is 29.8. The number of aliphatic hydroxyl groups excluding tert-OH is 1. The smallest absolute Gasteiger partial charge is 0.464 e. The summed E-state index contributed by atoms with van der Waals surface area (Å²) in [6.07, 6.45) is 4.15. The van der Waals surface area contributed by atoms with Crippen LogP contribution in [-0.4, -0.2) is 82.5 Å². The molecule has 0 spiro atoms. The van der Waals surface area contributed by atoms with Crippen LogP contribution in [0.2, 0.25) is 0 Å². The monoisotopic (exact) mass is 728 g/mol. The van der Waals surface area contributed by atoms with Crippen molar-refractivity contribution in [1.29, 1.82) is 0 Å². The molecule has 3 fully saturated rings. The Morgan fingerprint density at radius 3 is 2.48 bits per heavy atom. The van der Waals surface area contributed by atoms with E-state index in [1.54, 1.807) is 12.1 Å². The largest absolute Gasteiger partial charge is 0.514 e. The molecule has 1 aromatic rings. The molecule has 3 saturated carbocycles. The Bertz CT molecular complexity index is 1590. The normalized spacial score (nSPS) is 31.1. The SMILES string of the molecule is CC(=O)N[C@@H](Cc1ccc(OC(=O)OCC(=O)[C@@]2(O)CC[C@H]3[C@@H]4CC=C5CC(=O)CC[C@]5(C)[C@H]4[C@@H](O)C[C@@]32C)cc1)C(=O)OCCCCO[N+](=O)[O-]. The molecule has 4 aliphatic rings. The van der Waals surface area contributed by atoms with Crippen molar-refractivity contribution in [2.45, 2.75) is 103 Å². The zero-order chi connectivity index (χ0) is 37.8. The van der Waals surface area contributed by atoms with E-state index in [9.17, 15) is 44.3 Å². The molecule has 52 heavy (non-hydrogen) atoms. The highest BCUT2D eigenvalue weighted by atomic mass is 16.9. The van der Waals surface area contributed by atoms with E-state index in [0.717, 1.165) is 5.57 Å². The second-order valence-electron chi connectivity index (χ2n) is 15.1. The van der Waals surface area contributed by atoms with Crippen LogP contribution < -0.4 is 10.1 Å². The zero-order valence-corrected chi connectivity index (χ0v) is 29.8. The van der Waals surface area contributed by atoms with E-state index >= 15 is 0 Å². The minimum atomic E-state index is -1.81. The fraction of sp³-hybridized carbons (Fsp3) is 0.649. The van der Waals surface area contributed by atoms with E-state index in [0.29, 0.717) is 50.5 Å². The number of esters is 1. The summed E-state index contributed by atoms with van der Waals surface area (Å²) in [6.45, 7) is 4.38. The number of rotatable bonds is 14. The van der Waals surface area contributed by atoms with Crippen LogP contribution in [0.15, 0.2) is 35.9 Å². The Kier molecular flexibility index (Phi) is 11.7. The average molecular weight is 729 g/mol. The third-order valence-electron chi connectivity index (χ3n) is 12.0. The molecule has 3 N–H and O–H groups in total. The second kappa shape index (κ2) is 15.7. The highest BCUT2D eigenvalue weighted by Crippen LogP contribution is 2.67. The number of nitrogens with zero attached hydrogens (tertiary/aromatic N) is 1. The van der Waals surface area contributed by atoms with Gasteiger partial charge in [-0.15, -0.1) is 10.1 Å². The number of fused-ring (bicyclic) bond motifs is 5. The van der Waals surface area contributed by atoms with Crippen LogP contribution in [0.3, 0.4) is 0 Å². The van der Waals surface area contributed by atoms with E-state index < -0.39 is 58.7 Å². The van der Waals surface area contributed by atoms with Gasteiger partial charge >= 0.3 is 12.1 Å². The molecule has 1 amide bonds. The lowest BCUT2D eigenvalue weighted by Gasteiger charge is -2.59. The molecule has 1 aromatic carbocycles. The van der Waals surface area contributed by atoms with Gasteiger partial charge in [-0.25, -0.2) is 9.59 Å². The van der Waals surface area contributed by atoms with Gasteiger partial charge in [0.25, 0.3) is 5.09 Å². The van der Waals surface area contributed by atoms with E-state index in [1.165, 1.54) is 19.1 Å². The number of ketones is 2. The van der Waals surface area contributed by atoms with Crippen molar-refractivity contribution in [1.82, 2.24) is 5.32 Å². The van der Waals surface area contributed by atoms with Gasteiger partial charge in [-0.3, -0.25) is 14.4 Å². The summed E-state index contributed by atoms with van der Waals surface area (Å²) in [7, 11) is 0. The van der Waals surface area contributed by atoms with E-state index in [2.05, 4.69) is 23.2 Å². The van der Waals surface area contributed by atoms with Crippen molar-refractivity contribution in [3.8, 4) is 5.75 Å². The molecule has 0 bridgehead atoms. The first-order valence-electron chi connectivity index (χ1n) is 17.9. The number of Topliss-reactive ketones (excluding diaryl/α,β-unsaturated/α-hetero) is 2. The topological polar surface area (TPSA) is 218 Å². The number of amides is 1. The second-order valence-corrected chi connectivity index (χ2v) is 15.1. The standard InChI is InChI=1S/C37H48N2O13/c1-22(40)38-29(33(44)49-16-4-5-17-51-39(47)48)18-23-6-9-26(10-7-23)52-34(45)50-21-31(43)37(46)15-13-28-27-11-8-24-19-25(41)12-14-35(24,2)32(27)30(42)20-36(28,37)3/h6-10,27-30,32,42,46H,4-5,11-21H2,1-3H3,(H,38,40)/t27-,28-,29-,30-,32+,35-,36-,37-/m0/s1. The van der Waals surface area contributed by atoms with Crippen LogP contribution in [0.1, 0.15) is 84.1 Å². The van der Waals surface area contributed by atoms with Gasteiger partial charge in [0.2, 0.25) is 11.7 Å². The van der Waals surface area contributed by atoms with Crippen molar-refractivity contribution in [3.05, 3.63) is 51.6 Å². The number of ether oxygens (including phenoxy) is 3. The highest BCUT2D eigenvalue weighted by molar-refractivity contribution is 5.91. The van der Waals surface area contributed by atoms with E-state index in [4.69, 9.17) is 14.2 Å². The van der Waals surface area contributed by atoms with Gasteiger partial charge in [0.1, 0.15) is 23.2 Å². The van der Waals surface area contributed by atoms with Crippen LogP contribution >= 0.6 is 0 Å². The summed E-state index contributed by atoms with van der Waals surface area (Å²) in [5.41, 5.74) is -1.34. The number of aliphatic hydroxyl groups is 2. The predicted molar refractivity (Wildman–Crippen MR) is 181 cm³/mol. The Hall–Kier alpha value is -4.37. The van der Waals surface area contributed by atoms with Gasteiger partial charge in [-0.1, -0.05) is 37.6 Å². The minimum Gasteiger partial charge on any atom is -0.464 e. The van der Waals surface area contributed by atoms with Crippen LogP contribution in [-0.2, 0) is 39.9 Å². The number of hydrogen-bond acceptors (Lipinski definition) is 13. The van der Waals surface area contributed by atoms with Crippen molar-refractivity contribution >= 4 is 29.6 Å². The number of allylic oxidation sites excluding steroid dienone is 2. The number of carbonyl (C=O) groups is 5. The van der Waals surface area contributed by atoms with Gasteiger partial charge in [0.05, 0.1) is 19.3 Å². The lowest BCUT2D eigenvalue weighted by Crippen LogP contribution is -2.61. The molecule has 4 aliphatic carbocycles. The van der Waals surface area contributed by atoms with Gasteiger partial charge < -0.3 is 34.6 Å². The molecule has 8 atom stereocenters. The molecular weight excluding hydrogens is 680 g/mol. The summed E-state index contributed by atoms with van der Waals surface area (Å²) in [4.78, 5) is 77.1. The fourth-order valence-electron chi connectivity index (χ4n) is 9.43. The van der Waals surface area contributed by atoms with Gasteiger partial charge in [-0.2, -0.15) is 0 Å². The molecule has 0 radical (unpaired) electrons. The quantitative estimate of drug-likeness (QED) is 0.0624. The minimum absolute atomic E-state index is 0.0184. The number of benzene rings is 1. The molecule has 5 rings (SSSR count). The predicted octanol–water partition coefficient (Wildman–Crippen LogP) is 3.58. The van der Waals surface area contributed by atoms with Gasteiger partial charge in [-0.05, 0) is 85.8 Å². The summed E-state index contributed by atoms with van der Waals surface area (Å²) in [5.74, 6) is -1.55. The van der Waals surface area contributed by atoms with Crippen LogP contribution in [0.25, 0.3) is 0 Å². The Balaban J connectivity index is 1.13. The summed E-state index contributed by atoms with van der Waals surface area (Å²) >= 11 is 0. The summed E-state index contributed by atoms with van der Waals surface area (Å²) in [6, 6.07) is 5.04. The Labute approximate surface area is 301 Å². The molecule has 284 valence electrons. The average Bonchev–Trinajstić information content (AvgIpc) is 3.35. The maximum Gasteiger partial charge on any atom is 0.514 e. The lowest BCUT2D eigenvalue weighted by atomic mass is 9.46. The molecule has 0 aliphatic heterocycles. The number of nitrogens with one attached hydrogen (secondary N) is 1. The summed E-state index contributed by atoms with van der Waals surface area (Å²) < 4.78 is 15.6. The third-order valence-corrected chi connectivity index (χ3v) is 12.0. The van der Waals surface area contributed by atoms with E-state index in [1.807, 2.05) is 6.92 Å². The number of carbonyl (C=O) groups excluding carboxylic acids is 5. The van der Waals surface area contributed by atoms with Crippen molar-refractivity contribution < 1.29 is 58.3 Å². The molecule has 0 unspecified atom stereocenters. The van der Waals surface area contributed by atoms with Crippen molar-refractivity contribution in [2.24, 2.45) is 28.6 Å². The maximum absolute atomic E-state index is 13.6. The number of hydrogen-bond donors (Lipinski definition) is 3. The number of unbranched alkanes of at least 4 members (excludes halogenated alkanes) is 1. The van der Waals surface area contributed by atoms with Gasteiger partial charge in [0.15, 0.2) is 6.61 Å². The molecule has 0 saturated heterocycles.